The molecule has 0 aliphatic carbocycles. The molecule has 2 aromatic rings. The van der Waals surface area contributed by atoms with E-state index in [1.807, 2.05) is 6.92 Å². The van der Waals surface area contributed by atoms with Crippen molar-refractivity contribution >= 4 is 29.5 Å². The zero-order chi connectivity index (χ0) is 19.1. The monoisotopic (exact) mass is 359 g/mol. The van der Waals surface area contributed by atoms with Crippen LogP contribution in [0.25, 0.3) is 0 Å². The van der Waals surface area contributed by atoms with Gasteiger partial charge < -0.3 is 30.2 Å². The second kappa shape index (κ2) is 8.61. The number of urea groups is 1. The molecule has 2 aromatic carbocycles. The van der Waals surface area contributed by atoms with Gasteiger partial charge in [-0.15, -0.1) is 0 Å². The first-order chi connectivity index (χ1) is 12.5. The average Bonchev–Trinajstić information content (AvgIpc) is 2.63. The number of aryl methyl sites for hydroxylation is 1. The van der Waals surface area contributed by atoms with Gasteiger partial charge in [-0.05, 0) is 30.7 Å². The Kier molecular flexibility index (Phi) is 6.26. The zero-order valence-electron chi connectivity index (χ0n) is 15.0. The van der Waals surface area contributed by atoms with Gasteiger partial charge in [0.25, 0.3) is 0 Å². The molecular formula is C18H21N3O5. The van der Waals surface area contributed by atoms with Crippen molar-refractivity contribution in [1.29, 1.82) is 0 Å². The van der Waals surface area contributed by atoms with E-state index in [1.54, 1.807) is 30.3 Å². The fourth-order valence-electron chi connectivity index (χ4n) is 2.41. The Morgan fingerprint density at radius 2 is 1.54 bits per heavy atom. The van der Waals surface area contributed by atoms with Crippen LogP contribution in [0, 0.1) is 6.92 Å². The van der Waals surface area contributed by atoms with Crippen LogP contribution in [0.5, 0.6) is 17.2 Å². The third kappa shape index (κ3) is 4.35. The van der Waals surface area contributed by atoms with E-state index in [2.05, 4.69) is 16.0 Å². The van der Waals surface area contributed by atoms with Crippen molar-refractivity contribution < 1.29 is 23.8 Å². The summed E-state index contributed by atoms with van der Waals surface area (Å²) < 4.78 is 15.8. The summed E-state index contributed by atoms with van der Waals surface area (Å²) in [5.41, 5.74) is 2.56. The molecule has 0 aromatic heterocycles. The van der Waals surface area contributed by atoms with E-state index in [-0.39, 0.29) is 0 Å². The smallest absolute Gasteiger partial charge is 0.323 e. The van der Waals surface area contributed by atoms with Gasteiger partial charge in [0, 0.05) is 23.5 Å². The standard InChI is InChI=1S/C18H21N3O5/c1-11-7-12(5-6-14(11)19-10-22)20-18(23)21-13-8-15(24-2)17(26-4)16(9-13)25-3/h5-10H,1-4H3,(H,19,22)(H2,20,21,23). The maximum atomic E-state index is 12.3. The number of benzene rings is 2. The number of rotatable bonds is 7. The first-order valence-electron chi connectivity index (χ1n) is 7.71. The maximum absolute atomic E-state index is 12.3. The summed E-state index contributed by atoms with van der Waals surface area (Å²) in [4.78, 5) is 22.8. The summed E-state index contributed by atoms with van der Waals surface area (Å²) in [6, 6.07) is 7.97. The minimum absolute atomic E-state index is 0.433. The van der Waals surface area contributed by atoms with E-state index >= 15 is 0 Å². The third-order valence-electron chi connectivity index (χ3n) is 3.62. The van der Waals surface area contributed by atoms with Crippen molar-refractivity contribution in [2.45, 2.75) is 6.92 Å². The molecule has 8 nitrogen and oxygen atoms in total. The molecule has 0 saturated carbocycles. The molecule has 8 heteroatoms. The van der Waals surface area contributed by atoms with Crippen LogP contribution in [-0.4, -0.2) is 33.8 Å². The van der Waals surface area contributed by atoms with Gasteiger partial charge in [0.1, 0.15) is 0 Å². The highest BCUT2D eigenvalue weighted by Gasteiger charge is 2.14. The SMILES string of the molecule is COc1cc(NC(=O)Nc2ccc(NC=O)c(C)c2)cc(OC)c1OC. The molecule has 0 spiro atoms. The molecule has 0 unspecified atom stereocenters. The van der Waals surface area contributed by atoms with Crippen molar-refractivity contribution in [1.82, 2.24) is 0 Å². The Morgan fingerprint density at radius 1 is 0.923 bits per heavy atom. The van der Waals surface area contributed by atoms with Gasteiger partial charge in [-0.1, -0.05) is 0 Å². The number of nitrogens with one attached hydrogen (secondary N) is 3. The van der Waals surface area contributed by atoms with Gasteiger partial charge in [0.2, 0.25) is 12.2 Å². The first-order valence-corrected chi connectivity index (χ1v) is 7.71. The molecule has 0 aliphatic heterocycles. The predicted octanol–water partition coefficient (Wildman–Crippen LogP) is 3.23. The molecule has 0 bridgehead atoms. The number of carbonyl (C=O) groups excluding carboxylic acids is 2. The van der Waals surface area contributed by atoms with E-state index in [1.165, 1.54) is 21.3 Å². The predicted molar refractivity (Wildman–Crippen MR) is 99.6 cm³/mol. The van der Waals surface area contributed by atoms with Gasteiger partial charge >= 0.3 is 6.03 Å². The maximum Gasteiger partial charge on any atom is 0.323 e. The Bertz CT molecular complexity index is 782. The summed E-state index contributed by atoms with van der Waals surface area (Å²) in [5.74, 6) is 1.31. The van der Waals surface area contributed by atoms with Crippen LogP contribution in [0.2, 0.25) is 0 Å². The van der Waals surface area contributed by atoms with Crippen LogP contribution in [0.15, 0.2) is 30.3 Å². The van der Waals surface area contributed by atoms with Crippen molar-refractivity contribution in [2.24, 2.45) is 0 Å². The molecule has 0 fully saturated rings. The van der Waals surface area contributed by atoms with Crippen LogP contribution < -0.4 is 30.2 Å². The van der Waals surface area contributed by atoms with Gasteiger partial charge in [-0.3, -0.25) is 4.79 Å². The minimum atomic E-state index is -0.435. The van der Waals surface area contributed by atoms with E-state index in [4.69, 9.17) is 14.2 Å². The molecular weight excluding hydrogens is 338 g/mol. The Hall–Kier alpha value is -3.42. The molecule has 0 radical (unpaired) electrons. The summed E-state index contributed by atoms with van der Waals surface area (Å²) >= 11 is 0. The second-order valence-corrected chi connectivity index (χ2v) is 5.29. The highest BCUT2D eigenvalue weighted by atomic mass is 16.5. The first kappa shape index (κ1) is 18.9. The molecule has 0 saturated heterocycles. The summed E-state index contributed by atoms with van der Waals surface area (Å²) in [7, 11) is 4.50. The normalized spacial score (nSPS) is 9.85. The van der Waals surface area contributed by atoms with Crippen LogP contribution in [-0.2, 0) is 4.79 Å². The van der Waals surface area contributed by atoms with Crippen molar-refractivity contribution in [3.63, 3.8) is 0 Å². The van der Waals surface area contributed by atoms with Crippen LogP contribution >= 0.6 is 0 Å². The Morgan fingerprint density at radius 3 is 2.04 bits per heavy atom. The largest absolute Gasteiger partial charge is 0.493 e. The molecule has 2 rings (SSSR count). The van der Waals surface area contributed by atoms with Gasteiger partial charge in [-0.25, -0.2) is 4.79 Å². The van der Waals surface area contributed by atoms with Crippen LogP contribution in [0.1, 0.15) is 5.56 Å². The van der Waals surface area contributed by atoms with Crippen molar-refractivity contribution in [3.05, 3.63) is 35.9 Å². The lowest BCUT2D eigenvalue weighted by molar-refractivity contribution is -0.105. The highest BCUT2D eigenvalue weighted by molar-refractivity contribution is 6.00. The van der Waals surface area contributed by atoms with E-state index in [9.17, 15) is 9.59 Å². The molecule has 0 heterocycles. The molecule has 26 heavy (non-hydrogen) atoms. The van der Waals surface area contributed by atoms with Crippen molar-refractivity contribution in [2.75, 3.05) is 37.3 Å². The van der Waals surface area contributed by atoms with E-state index < -0.39 is 6.03 Å². The summed E-state index contributed by atoms with van der Waals surface area (Å²) in [5, 5.41) is 8.02. The number of hydrogen-bond donors (Lipinski definition) is 3. The molecule has 3 N–H and O–H groups in total. The van der Waals surface area contributed by atoms with E-state index in [0.717, 1.165) is 5.56 Å². The Balaban J connectivity index is 2.15. The van der Waals surface area contributed by atoms with Gasteiger partial charge in [0.05, 0.1) is 27.0 Å². The molecule has 0 atom stereocenters. The number of ether oxygens (including phenoxy) is 3. The number of methoxy groups -OCH3 is 3. The molecule has 0 aliphatic rings. The lowest BCUT2D eigenvalue weighted by Gasteiger charge is -2.15. The quantitative estimate of drug-likeness (QED) is 0.659. The minimum Gasteiger partial charge on any atom is -0.493 e. The third-order valence-corrected chi connectivity index (χ3v) is 3.62. The second-order valence-electron chi connectivity index (χ2n) is 5.29. The average molecular weight is 359 g/mol. The lowest BCUT2D eigenvalue weighted by atomic mass is 10.2. The lowest BCUT2D eigenvalue weighted by Crippen LogP contribution is -2.19. The Labute approximate surface area is 151 Å². The zero-order valence-corrected chi connectivity index (χ0v) is 15.0. The van der Waals surface area contributed by atoms with Gasteiger partial charge in [-0.2, -0.15) is 0 Å². The number of amides is 3. The molecule has 3 amide bonds. The number of hydrogen-bond acceptors (Lipinski definition) is 5. The number of anilines is 3. The highest BCUT2D eigenvalue weighted by Crippen LogP contribution is 2.39. The summed E-state index contributed by atoms with van der Waals surface area (Å²) in [6.07, 6.45) is 0.604. The molecule has 138 valence electrons. The van der Waals surface area contributed by atoms with Crippen LogP contribution in [0.3, 0.4) is 0 Å². The topological polar surface area (TPSA) is 97.9 Å². The fourth-order valence-corrected chi connectivity index (χ4v) is 2.41. The number of carbonyl (C=O) groups is 2. The van der Waals surface area contributed by atoms with Gasteiger partial charge in [0.15, 0.2) is 11.5 Å². The fraction of sp³-hybridized carbons (Fsp3) is 0.222. The van der Waals surface area contributed by atoms with Crippen molar-refractivity contribution in [3.8, 4) is 17.2 Å². The van der Waals surface area contributed by atoms with Crippen LogP contribution in [0.4, 0.5) is 21.9 Å². The van der Waals surface area contributed by atoms with E-state index in [0.29, 0.717) is 40.7 Å². The summed E-state index contributed by atoms with van der Waals surface area (Å²) in [6.45, 7) is 1.83.